The van der Waals surface area contributed by atoms with Crippen molar-refractivity contribution in [3.05, 3.63) is 47.0 Å². The largest absolute Gasteiger partial charge is 0.508 e. The maximum absolute atomic E-state index is 12.6. The zero-order valence-corrected chi connectivity index (χ0v) is 12.3. The van der Waals surface area contributed by atoms with Gasteiger partial charge in [-0.1, -0.05) is 0 Å². The third-order valence-electron chi connectivity index (χ3n) is 3.25. The summed E-state index contributed by atoms with van der Waals surface area (Å²) in [7, 11) is -3.73. The van der Waals surface area contributed by atoms with Gasteiger partial charge in [-0.3, -0.25) is 0 Å². The molecule has 0 fully saturated rings. The fourth-order valence-corrected chi connectivity index (χ4v) is 3.69. The molecule has 0 aromatic heterocycles. The van der Waals surface area contributed by atoms with Gasteiger partial charge in [0, 0.05) is 5.56 Å². The third kappa shape index (κ3) is 2.36. The normalized spacial score (nSPS) is 11.6. The summed E-state index contributed by atoms with van der Waals surface area (Å²) in [5.41, 5.74) is 1.48. The van der Waals surface area contributed by atoms with Crippen LogP contribution in [0.1, 0.15) is 16.7 Å². The van der Waals surface area contributed by atoms with Crippen LogP contribution < -0.4 is 0 Å². The van der Waals surface area contributed by atoms with Crippen LogP contribution in [0.5, 0.6) is 11.5 Å². The fourth-order valence-electron chi connectivity index (χ4n) is 2.01. The first-order valence-corrected chi connectivity index (χ1v) is 7.56. The van der Waals surface area contributed by atoms with Crippen LogP contribution in [0, 0.1) is 20.8 Å². The molecule has 0 saturated carbocycles. The van der Waals surface area contributed by atoms with E-state index in [2.05, 4.69) is 0 Å². The molecule has 0 aliphatic carbocycles. The summed E-state index contributed by atoms with van der Waals surface area (Å²) in [6, 6.07) is 7.19. The van der Waals surface area contributed by atoms with Crippen LogP contribution in [0.25, 0.3) is 0 Å². The number of sulfone groups is 1. The number of hydrogen-bond acceptors (Lipinski definition) is 4. The SMILES string of the molecule is Cc1cc(O)c(C)c(S(=O)(=O)c2ccc(O)c(C)c2)c1. The number of aryl methyl sites for hydroxylation is 2. The second-order valence-corrected chi connectivity index (χ2v) is 6.78. The van der Waals surface area contributed by atoms with E-state index in [1.807, 2.05) is 0 Å². The lowest BCUT2D eigenvalue weighted by Gasteiger charge is -2.11. The van der Waals surface area contributed by atoms with Gasteiger partial charge >= 0.3 is 0 Å². The van der Waals surface area contributed by atoms with Crippen LogP contribution in [0.15, 0.2) is 40.1 Å². The Balaban J connectivity index is 2.70. The van der Waals surface area contributed by atoms with E-state index < -0.39 is 9.84 Å². The minimum Gasteiger partial charge on any atom is -0.508 e. The van der Waals surface area contributed by atoms with Crippen molar-refractivity contribution in [3.63, 3.8) is 0 Å². The van der Waals surface area contributed by atoms with E-state index in [-0.39, 0.29) is 21.3 Å². The molecule has 2 aromatic carbocycles. The van der Waals surface area contributed by atoms with Crippen LogP contribution in [0.3, 0.4) is 0 Å². The topological polar surface area (TPSA) is 74.6 Å². The van der Waals surface area contributed by atoms with Crippen molar-refractivity contribution in [1.82, 2.24) is 0 Å². The summed E-state index contributed by atoms with van der Waals surface area (Å²) in [6.45, 7) is 4.92. The standard InChI is InChI=1S/C15H16O4S/c1-9-6-14(17)11(3)15(7-9)20(18,19)12-4-5-13(16)10(2)8-12/h4-8,16-17H,1-3H3. The van der Waals surface area contributed by atoms with Crippen molar-refractivity contribution in [3.8, 4) is 11.5 Å². The van der Waals surface area contributed by atoms with Crippen LogP contribution in [-0.2, 0) is 9.84 Å². The zero-order valence-electron chi connectivity index (χ0n) is 11.5. The van der Waals surface area contributed by atoms with Crippen molar-refractivity contribution in [2.24, 2.45) is 0 Å². The highest BCUT2D eigenvalue weighted by atomic mass is 32.2. The van der Waals surface area contributed by atoms with Gasteiger partial charge in [-0.25, -0.2) is 8.42 Å². The molecule has 0 radical (unpaired) electrons. The Kier molecular flexibility index (Phi) is 3.48. The molecule has 2 aromatic rings. The minimum absolute atomic E-state index is 0.0425. The first-order valence-electron chi connectivity index (χ1n) is 6.08. The monoisotopic (exact) mass is 292 g/mol. The van der Waals surface area contributed by atoms with E-state index in [1.54, 1.807) is 20.8 Å². The highest BCUT2D eigenvalue weighted by Crippen LogP contribution is 2.31. The molecule has 4 nitrogen and oxygen atoms in total. The van der Waals surface area contributed by atoms with E-state index in [4.69, 9.17) is 0 Å². The van der Waals surface area contributed by atoms with Crippen LogP contribution in [0.4, 0.5) is 0 Å². The Bertz CT molecular complexity index is 777. The molecule has 0 amide bonds. The van der Waals surface area contributed by atoms with Gasteiger partial charge in [-0.2, -0.15) is 0 Å². The lowest BCUT2D eigenvalue weighted by Crippen LogP contribution is -2.05. The van der Waals surface area contributed by atoms with Crippen LogP contribution >= 0.6 is 0 Å². The van der Waals surface area contributed by atoms with E-state index in [1.165, 1.54) is 30.3 Å². The summed E-state index contributed by atoms with van der Waals surface area (Å²) in [5, 5.41) is 19.3. The van der Waals surface area contributed by atoms with E-state index in [9.17, 15) is 18.6 Å². The first-order chi connectivity index (χ1) is 9.23. The second-order valence-electron chi connectivity index (χ2n) is 4.86. The predicted molar refractivity (Wildman–Crippen MR) is 75.9 cm³/mol. The number of benzene rings is 2. The Hall–Kier alpha value is -2.01. The van der Waals surface area contributed by atoms with Gasteiger partial charge in [0.2, 0.25) is 9.84 Å². The molecule has 5 heteroatoms. The van der Waals surface area contributed by atoms with Crippen molar-refractivity contribution < 1.29 is 18.6 Å². The molecule has 106 valence electrons. The Morgan fingerprint density at radius 3 is 2.15 bits per heavy atom. The summed E-state index contributed by atoms with van der Waals surface area (Å²) in [4.78, 5) is 0.181. The molecule has 0 atom stereocenters. The summed E-state index contributed by atoms with van der Waals surface area (Å²) < 4.78 is 25.3. The second kappa shape index (κ2) is 4.83. The van der Waals surface area contributed by atoms with E-state index in [0.29, 0.717) is 16.7 Å². The van der Waals surface area contributed by atoms with Gasteiger partial charge in [0.1, 0.15) is 11.5 Å². The number of rotatable bonds is 2. The van der Waals surface area contributed by atoms with Gasteiger partial charge in [0.05, 0.1) is 9.79 Å². The minimum atomic E-state index is -3.73. The maximum Gasteiger partial charge on any atom is 0.207 e. The van der Waals surface area contributed by atoms with E-state index in [0.717, 1.165) is 0 Å². The summed E-state index contributed by atoms with van der Waals surface area (Å²) in [6.07, 6.45) is 0. The van der Waals surface area contributed by atoms with Crippen molar-refractivity contribution in [1.29, 1.82) is 0 Å². The number of aromatic hydroxyl groups is 2. The van der Waals surface area contributed by atoms with Gasteiger partial charge in [-0.05, 0) is 62.2 Å². The first kappa shape index (κ1) is 14.4. The lowest BCUT2D eigenvalue weighted by atomic mass is 10.1. The molecular formula is C15H16O4S. The quantitative estimate of drug-likeness (QED) is 0.892. The Morgan fingerprint density at radius 1 is 0.900 bits per heavy atom. The third-order valence-corrected chi connectivity index (χ3v) is 5.12. The maximum atomic E-state index is 12.6. The molecule has 2 rings (SSSR count). The Morgan fingerprint density at radius 2 is 1.55 bits per heavy atom. The van der Waals surface area contributed by atoms with Crippen molar-refractivity contribution in [2.75, 3.05) is 0 Å². The average molecular weight is 292 g/mol. The molecule has 0 spiro atoms. The highest BCUT2D eigenvalue weighted by molar-refractivity contribution is 7.91. The molecule has 0 saturated heterocycles. The number of phenols is 2. The number of phenolic OH excluding ortho intramolecular Hbond substituents is 2. The van der Waals surface area contributed by atoms with Gasteiger partial charge in [-0.15, -0.1) is 0 Å². The molecule has 0 aliphatic heterocycles. The smallest absolute Gasteiger partial charge is 0.207 e. The lowest BCUT2D eigenvalue weighted by molar-refractivity contribution is 0.467. The van der Waals surface area contributed by atoms with Crippen LogP contribution in [0.2, 0.25) is 0 Å². The molecule has 0 bridgehead atoms. The molecule has 0 heterocycles. The van der Waals surface area contributed by atoms with Crippen LogP contribution in [-0.4, -0.2) is 18.6 Å². The average Bonchev–Trinajstić information content (AvgIpc) is 2.36. The molecule has 2 N–H and O–H groups in total. The van der Waals surface area contributed by atoms with Crippen molar-refractivity contribution >= 4 is 9.84 Å². The summed E-state index contributed by atoms with van der Waals surface area (Å²) in [5.74, 6) is 0.00633. The highest BCUT2D eigenvalue weighted by Gasteiger charge is 2.22. The zero-order chi connectivity index (χ0) is 15.1. The number of hydrogen-bond donors (Lipinski definition) is 2. The predicted octanol–water partition coefficient (Wildman–Crippen LogP) is 2.86. The van der Waals surface area contributed by atoms with Gasteiger partial charge in [0.15, 0.2) is 0 Å². The molecular weight excluding hydrogens is 276 g/mol. The molecule has 0 aliphatic rings. The Labute approximate surface area is 118 Å². The van der Waals surface area contributed by atoms with Gasteiger partial charge in [0.25, 0.3) is 0 Å². The summed E-state index contributed by atoms with van der Waals surface area (Å²) >= 11 is 0. The van der Waals surface area contributed by atoms with E-state index >= 15 is 0 Å². The van der Waals surface area contributed by atoms with Crippen molar-refractivity contribution in [2.45, 2.75) is 30.6 Å². The van der Waals surface area contributed by atoms with Gasteiger partial charge < -0.3 is 10.2 Å². The fraction of sp³-hybridized carbons (Fsp3) is 0.200. The molecule has 0 unspecified atom stereocenters. The molecule has 20 heavy (non-hydrogen) atoms.